The van der Waals surface area contributed by atoms with E-state index in [0.29, 0.717) is 6.42 Å². The van der Waals surface area contributed by atoms with E-state index >= 15 is 0 Å². The summed E-state index contributed by atoms with van der Waals surface area (Å²) in [4.78, 5) is 0. The zero-order valence-corrected chi connectivity index (χ0v) is 7.45. The molecular formula is C8H15F2NO2. The van der Waals surface area contributed by atoms with Crippen LogP contribution in [0.1, 0.15) is 13.3 Å². The van der Waals surface area contributed by atoms with E-state index in [0.717, 1.165) is 0 Å². The Kier molecular flexibility index (Phi) is 3.58. The molecule has 4 atom stereocenters. The molecule has 5 heteroatoms. The van der Waals surface area contributed by atoms with Gasteiger partial charge in [-0.1, -0.05) is 6.92 Å². The molecule has 0 aromatic heterocycles. The minimum absolute atomic E-state index is 0.183. The van der Waals surface area contributed by atoms with Crippen LogP contribution in [0, 0.1) is 5.92 Å². The van der Waals surface area contributed by atoms with Gasteiger partial charge in [0.2, 0.25) is 6.43 Å². The second-order valence-electron chi connectivity index (χ2n) is 3.39. The SMILES string of the molecule is CC[C@H]1NC[C@@H](O)[C@H](O)C1C(F)F. The lowest BCUT2D eigenvalue weighted by molar-refractivity contribution is -0.103. The lowest BCUT2D eigenvalue weighted by Gasteiger charge is -2.38. The van der Waals surface area contributed by atoms with E-state index in [2.05, 4.69) is 5.32 Å². The van der Waals surface area contributed by atoms with Gasteiger partial charge in [-0.25, -0.2) is 8.78 Å². The number of aliphatic hydroxyl groups is 2. The number of hydrogen-bond acceptors (Lipinski definition) is 3. The van der Waals surface area contributed by atoms with Crippen molar-refractivity contribution in [1.82, 2.24) is 5.32 Å². The zero-order chi connectivity index (χ0) is 10.0. The highest BCUT2D eigenvalue weighted by Crippen LogP contribution is 2.25. The van der Waals surface area contributed by atoms with Crippen molar-refractivity contribution in [3.63, 3.8) is 0 Å². The molecule has 3 N–H and O–H groups in total. The molecule has 0 radical (unpaired) electrons. The Morgan fingerprint density at radius 1 is 1.46 bits per heavy atom. The minimum atomic E-state index is -2.60. The van der Waals surface area contributed by atoms with Gasteiger partial charge >= 0.3 is 0 Å². The molecule has 0 aliphatic carbocycles. The van der Waals surface area contributed by atoms with Gasteiger partial charge in [0.05, 0.1) is 18.1 Å². The maximum absolute atomic E-state index is 12.5. The number of aliphatic hydroxyl groups excluding tert-OH is 2. The summed E-state index contributed by atoms with van der Waals surface area (Å²) in [6.07, 6.45) is -4.46. The summed E-state index contributed by atoms with van der Waals surface area (Å²) in [7, 11) is 0. The summed E-state index contributed by atoms with van der Waals surface area (Å²) in [6, 6.07) is -0.404. The third kappa shape index (κ3) is 2.15. The maximum atomic E-state index is 12.5. The molecule has 13 heavy (non-hydrogen) atoms. The molecular weight excluding hydrogens is 180 g/mol. The van der Waals surface area contributed by atoms with Crippen LogP contribution in [0.3, 0.4) is 0 Å². The Labute approximate surface area is 75.8 Å². The van der Waals surface area contributed by atoms with Gasteiger partial charge in [0.1, 0.15) is 0 Å². The largest absolute Gasteiger partial charge is 0.390 e. The number of nitrogens with one attached hydrogen (secondary N) is 1. The standard InChI is InChI=1S/C8H15F2NO2/c1-2-4-6(8(9)10)7(13)5(12)3-11-4/h4-8,11-13H,2-3H2,1H3/t4-,5-,6?,7+/m1/s1. The third-order valence-electron chi connectivity index (χ3n) is 2.57. The number of rotatable bonds is 2. The van der Waals surface area contributed by atoms with Crippen LogP contribution in [0.4, 0.5) is 8.78 Å². The van der Waals surface area contributed by atoms with Crippen LogP contribution in [0.15, 0.2) is 0 Å². The molecule has 1 aliphatic heterocycles. The molecule has 0 amide bonds. The van der Waals surface area contributed by atoms with Gasteiger partial charge in [-0.3, -0.25) is 0 Å². The lowest BCUT2D eigenvalue weighted by atomic mass is 9.85. The summed E-state index contributed by atoms with van der Waals surface area (Å²) in [5.74, 6) is -1.16. The quantitative estimate of drug-likeness (QED) is 0.580. The van der Waals surface area contributed by atoms with Crippen molar-refractivity contribution in [1.29, 1.82) is 0 Å². The zero-order valence-electron chi connectivity index (χ0n) is 7.45. The molecule has 0 spiro atoms. The van der Waals surface area contributed by atoms with E-state index in [4.69, 9.17) is 5.11 Å². The Morgan fingerprint density at radius 3 is 2.54 bits per heavy atom. The van der Waals surface area contributed by atoms with Crippen LogP contribution in [0.5, 0.6) is 0 Å². The first kappa shape index (κ1) is 10.8. The van der Waals surface area contributed by atoms with Gasteiger partial charge in [0, 0.05) is 12.6 Å². The fourth-order valence-corrected chi connectivity index (χ4v) is 1.76. The van der Waals surface area contributed by atoms with Crippen molar-refractivity contribution in [2.45, 2.75) is 38.0 Å². The molecule has 3 nitrogen and oxygen atoms in total. The van der Waals surface area contributed by atoms with E-state index in [1.54, 1.807) is 6.92 Å². The van der Waals surface area contributed by atoms with Crippen LogP contribution in [0.25, 0.3) is 0 Å². The predicted octanol–water partition coefficient (Wildman–Crippen LogP) is -0.0287. The lowest BCUT2D eigenvalue weighted by Crippen LogP contribution is -2.58. The first-order valence-corrected chi connectivity index (χ1v) is 4.45. The molecule has 1 fully saturated rings. The van der Waals surface area contributed by atoms with Gasteiger partial charge in [0.15, 0.2) is 0 Å². The second-order valence-corrected chi connectivity index (χ2v) is 3.39. The molecule has 0 bridgehead atoms. The van der Waals surface area contributed by atoms with Crippen LogP contribution < -0.4 is 5.32 Å². The minimum Gasteiger partial charge on any atom is -0.390 e. The monoisotopic (exact) mass is 195 g/mol. The van der Waals surface area contributed by atoms with Crippen LogP contribution in [-0.4, -0.2) is 41.4 Å². The fraction of sp³-hybridized carbons (Fsp3) is 1.00. The summed E-state index contributed by atoms with van der Waals surface area (Å²) in [5, 5.41) is 21.3. The summed E-state index contributed by atoms with van der Waals surface area (Å²) in [5.41, 5.74) is 0. The highest BCUT2D eigenvalue weighted by molar-refractivity contribution is 4.92. The van der Waals surface area contributed by atoms with E-state index in [1.807, 2.05) is 0 Å². The summed E-state index contributed by atoms with van der Waals surface area (Å²) in [6.45, 7) is 1.96. The van der Waals surface area contributed by atoms with E-state index in [9.17, 15) is 13.9 Å². The van der Waals surface area contributed by atoms with E-state index in [-0.39, 0.29) is 6.54 Å². The average molecular weight is 195 g/mol. The molecule has 1 heterocycles. The second kappa shape index (κ2) is 4.30. The summed E-state index contributed by atoms with van der Waals surface area (Å²) >= 11 is 0. The Bertz CT molecular complexity index is 166. The van der Waals surface area contributed by atoms with Gasteiger partial charge < -0.3 is 15.5 Å². The van der Waals surface area contributed by atoms with E-state index in [1.165, 1.54) is 0 Å². The normalized spacial score (nSPS) is 41.1. The number of piperidine rings is 1. The van der Waals surface area contributed by atoms with Crippen molar-refractivity contribution in [2.24, 2.45) is 5.92 Å². The molecule has 78 valence electrons. The average Bonchev–Trinajstić information content (AvgIpc) is 2.08. The number of alkyl halides is 2. The van der Waals surface area contributed by atoms with Gasteiger partial charge in [-0.2, -0.15) is 0 Å². The Hall–Kier alpha value is -0.260. The Morgan fingerprint density at radius 2 is 2.08 bits per heavy atom. The van der Waals surface area contributed by atoms with Crippen LogP contribution in [0.2, 0.25) is 0 Å². The molecule has 1 aliphatic rings. The number of halogens is 2. The van der Waals surface area contributed by atoms with Gasteiger partial charge in [-0.05, 0) is 6.42 Å². The molecule has 0 saturated carbocycles. The first-order chi connectivity index (χ1) is 6.07. The van der Waals surface area contributed by atoms with Crippen molar-refractivity contribution in [2.75, 3.05) is 6.54 Å². The summed E-state index contributed by atoms with van der Waals surface area (Å²) < 4.78 is 24.9. The van der Waals surface area contributed by atoms with E-state index < -0.39 is 30.6 Å². The smallest absolute Gasteiger partial charge is 0.245 e. The molecule has 1 unspecified atom stereocenters. The van der Waals surface area contributed by atoms with Crippen molar-refractivity contribution < 1.29 is 19.0 Å². The fourth-order valence-electron chi connectivity index (χ4n) is 1.76. The molecule has 1 saturated heterocycles. The third-order valence-corrected chi connectivity index (χ3v) is 2.57. The number of β-amino-alcohol motifs (C(OH)–C–C–N with tert-alkyl or cyclic N) is 1. The van der Waals surface area contributed by atoms with Crippen molar-refractivity contribution in [3.8, 4) is 0 Å². The molecule has 1 rings (SSSR count). The Balaban J connectivity index is 2.68. The van der Waals surface area contributed by atoms with Crippen molar-refractivity contribution >= 4 is 0 Å². The van der Waals surface area contributed by atoms with Crippen LogP contribution >= 0.6 is 0 Å². The van der Waals surface area contributed by atoms with Gasteiger partial charge in [-0.15, -0.1) is 0 Å². The van der Waals surface area contributed by atoms with Crippen molar-refractivity contribution in [3.05, 3.63) is 0 Å². The molecule has 0 aromatic carbocycles. The number of hydrogen-bond donors (Lipinski definition) is 3. The van der Waals surface area contributed by atoms with Gasteiger partial charge in [0.25, 0.3) is 0 Å². The topological polar surface area (TPSA) is 52.5 Å². The van der Waals surface area contributed by atoms with Crippen LogP contribution in [-0.2, 0) is 0 Å². The first-order valence-electron chi connectivity index (χ1n) is 4.45. The highest BCUT2D eigenvalue weighted by atomic mass is 19.3. The molecule has 0 aromatic rings. The maximum Gasteiger partial charge on any atom is 0.245 e. The predicted molar refractivity (Wildman–Crippen MR) is 43.6 cm³/mol. The highest BCUT2D eigenvalue weighted by Gasteiger charge is 2.41.